The highest BCUT2D eigenvalue weighted by Crippen LogP contribution is 2.33. The number of carbonyl (C=O) groups is 2. The molecule has 1 saturated heterocycles. The SMILES string of the molecule is CN(Cc1ccc(Br)cc1Oc1ccc(Cl)c(Cl)c1)C(=O)CC1CCCCN1C(=O)c1ccn(C)c(=O)c1. The van der Waals surface area contributed by atoms with Gasteiger partial charge in [-0.3, -0.25) is 14.4 Å². The minimum absolute atomic E-state index is 0.0814. The van der Waals surface area contributed by atoms with Crippen LogP contribution in [0.4, 0.5) is 0 Å². The third-order valence-corrected chi connectivity index (χ3v) is 7.86. The molecule has 0 saturated carbocycles. The average Bonchev–Trinajstić information content (AvgIpc) is 2.89. The van der Waals surface area contributed by atoms with E-state index in [0.717, 1.165) is 29.3 Å². The Hall–Kier alpha value is -2.81. The Morgan fingerprint density at radius 1 is 1.08 bits per heavy atom. The molecule has 0 aliphatic carbocycles. The lowest BCUT2D eigenvalue weighted by Crippen LogP contribution is -2.46. The number of amides is 2. The topological polar surface area (TPSA) is 71.8 Å². The summed E-state index contributed by atoms with van der Waals surface area (Å²) in [5, 5.41) is 0.819. The van der Waals surface area contributed by atoms with Gasteiger partial charge in [-0.15, -0.1) is 0 Å². The third-order valence-electron chi connectivity index (χ3n) is 6.63. The van der Waals surface area contributed by atoms with Crippen LogP contribution in [0.25, 0.3) is 0 Å². The molecule has 0 N–H and O–H groups in total. The first kappa shape index (κ1) is 28.2. The molecule has 0 bridgehead atoms. The van der Waals surface area contributed by atoms with Crippen LogP contribution >= 0.6 is 39.1 Å². The van der Waals surface area contributed by atoms with Crippen LogP contribution in [0.1, 0.15) is 41.6 Å². The van der Waals surface area contributed by atoms with Gasteiger partial charge in [-0.2, -0.15) is 0 Å². The predicted octanol–water partition coefficient (Wildman–Crippen LogP) is 6.29. The molecule has 4 rings (SSSR count). The van der Waals surface area contributed by atoms with E-state index in [1.807, 2.05) is 18.2 Å². The second kappa shape index (κ2) is 12.4. The van der Waals surface area contributed by atoms with Crippen molar-refractivity contribution in [2.45, 2.75) is 38.3 Å². The van der Waals surface area contributed by atoms with Crippen molar-refractivity contribution in [2.75, 3.05) is 13.6 Å². The Kier molecular flexibility index (Phi) is 9.18. The molecule has 0 spiro atoms. The summed E-state index contributed by atoms with van der Waals surface area (Å²) in [5.41, 5.74) is 0.917. The van der Waals surface area contributed by atoms with Crippen molar-refractivity contribution in [3.63, 3.8) is 0 Å². The van der Waals surface area contributed by atoms with Crippen LogP contribution in [-0.2, 0) is 18.4 Å². The molecule has 2 aromatic carbocycles. The lowest BCUT2D eigenvalue weighted by atomic mass is 9.97. The van der Waals surface area contributed by atoms with Crippen LogP contribution in [0.2, 0.25) is 10.0 Å². The second-order valence-corrected chi connectivity index (χ2v) is 11.1. The summed E-state index contributed by atoms with van der Waals surface area (Å²) in [6, 6.07) is 13.4. The lowest BCUT2D eigenvalue weighted by molar-refractivity contribution is -0.131. The predicted molar refractivity (Wildman–Crippen MR) is 152 cm³/mol. The lowest BCUT2D eigenvalue weighted by Gasteiger charge is -2.36. The van der Waals surface area contributed by atoms with Gasteiger partial charge in [-0.05, 0) is 49.6 Å². The fourth-order valence-corrected chi connectivity index (χ4v) is 5.08. The second-order valence-electron chi connectivity index (χ2n) is 9.40. The summed E-state index contributed by atoms with van der Waals surface area (Å²) in [6.45, 7) is 0.877. The third kappa shape index (κ3) is 6.79. The van der Waals surface area contributed by atoms with Gasteiger partial charge in [0.2, 0.25) is 5.91 Å². The Labute approximate surface area is 240 Å². The number of pyridine rings is 1. The van der Waals surface area contributed by atoms with E-state index >= 15 is 0 Å². The molecule has 1 aliphatic heterocycles. The van der Waals surface area contributed by atoms with Crippen molar-refractivity contribution in [1.29, 1.82) is 0 Å². The fourth-order valence-electron chi connectivity index (χ4n) is 4.45. The largest absolute Gasteiger partial charge is 0.457 e. The maximum Gasteiger partial charge on any atom is 0.254 e. The molecule has 10 heteroatoms. The summed E-state index contributed by atoms with van der Waals surface area (Å²) >= 11 is 15.6. The molecule has 1 aromatic heterocycles. The van der Waals surface area contributed by atoms with Gasteiger partial charge in [0.25, 0.3) is 11.5 Å². The van der Waals surface area contributed by atoms with Gasteiger partial charge in [0, 0.05) is 73.6 Å². The highest BCUT2D eigenvalue weighted by molar-refractivity contribution is 9.10. The standard InChI is InChI=1S/C28H28BrCl2N3O4/c1-32-12-10-18(13-26(32)35)28(37)34-11-4-3-5-21(34)15-27(36)33(2)17-19-6-7-20(29)14-25(19)38-22-8-9-23(30)24(31)16-22/h6-10,12-14,16,21H,3-5,11,15,17H2,1-2H3. The Bertz CT molecular complexity index is 1410. The molecule has 38 heavy (non-hydrogen) atoms. The van der Waals surface area contributed by atoms with E-state index in [0.29, 0.717) is 40.2 Å². The first-order valence-corrected chi connectivity index (χ1v) is 13.8. The summed E-state index contributed by atoms with van der Waals surface area (Å²) in [4.78, 5) is 41.9. The number of carbonyl (C=O) groups excluding carboxylic acids is 2. The molecule has 0 radical (unpaired) electrons. The molecular weight excluding hydrogens is 593 g/mol. The molecule has 7 nitrogen and oxygen atoms in total. The fraction of sp³-hybridized carbons (Fsp3) is 0.321. The zero-order chi connectivity index (χ0) is 27.4. The van der Waals surface area contributed by atoms with Crippen molar-refractivity contribution >= 4 is 50.9 Å². The van der Waals surface area contributed by atoms with Crippen LogP contribution < -0.4 is 10.3 Å². The number of hydrogen-bond donors (Lipinski definition) is 0. The first-order chi connectivity index (χ1) is 18.1. The van der Waals surface area contributed by atoms with Crippen LogP contribution in [0.5, 0.6) is 11.5 Å². The van der Waals surface area contributed by atoms with Crippen LogP contribution in [0.3, 0.4) is 0 Å². The minimum Gasteiger partial charge on any atom is -0.457 e. The number of halogens is 3. The highest BCUT2D eigenvalue weighted by atomic mass is 79.9. The van der Waals surface area contributed by atoms with Crippen LogP contribution in [0, 0.1) is 0 Å². The molecule has 2 amide bonds. The molecule has 2 heterocycles. The summed E-state index contributed by atoms with van der Waals surface area (Å²) in [6.07, 6.45) is 4.33. The highest BCUT2D eigenvalue weighted by Gasteiger charge is 2.30. The van der Waals surface area contributed by atoms with Crippen molar-refractivity contribution in [3.05, 3.63) is 90.7 Å². The first-order valence-electron chi connectivity index (χ1n) is 12.3. The molecule has 3 aromatic rings. The van der Waals surface area contributed by atoms with E-state index in [4.69, 9.17) is 27.9 Å². The number of aromatic nitrogens is 1. The van der Waals surface area contributed by atoms with Crippen molar-refractivity contribution in [1.82, 2.24) is 14.4 Å². The van der Waals surface area contributed by atoms with E-state index in [-0.39, 0.29) is 29.8 Å². The quantitative estimate of drug-likeness (QED) is 0.311. The number of piperidine rings is 1. The van der Waals surface area contributed by atoms with Crippen molar-refractivity contribution in [2.24, 2.45) is 7.05 Å². The van der Waals surface area contributed by atoms with Gasteiger partial charge in [0.1, 0.15) is 11.5 Å². The van der Waals surface area contributed by atoms with Gasteiger partial charge in [0.05, 0.1) is 10.0 Å². The van der Waals surface area contributed by atoms with Gasteiger partial charge in [-0.1, -0.05) is 45.2 Å². The van der Waals surface area contributed by atoms with E-state index in [1.165, 1.54) is 10.6 Å². The van der Waals surface area contributed by atoms with Gasteiger partial charge in [-0.25, -0.2) is 0 Å². The van der Waals surface area contributed by atoms with Gasteiger partial charge < -0.3 is 19.1 Å². The monoisotopic (exact) mass is 619 g/mol. The Morgan fingerprint density at radius 3 is 2.61 bits per heavy atom. The van der Waals surface area contributed by atoms with Crippen LogP contribution in [0.15, 0.2) is 64.0 Å². The van der Waals surface area contributed by atoms with E-state index in [1.54, 1.807) is 54.4 Å². The van der Waals surface area contributed by atoms with E-state index in [2.05, 4.69) is 15.9 Å². The molecule has 1 atom stereocenters. The number of likely N-dealkylation sites (tertiary alicyclic amines) is 1. The van der Waals surface area contributed by atoms with Crippen molar-refractivity contribution in [3.8, 4) is 11.5 Å². The molecular formula is C28H28BrCl2N3O4. The van der Waals surface area contributed by atoms with Gasteiger partial charge in [0.15, 0.2) is 0 Å². The number of benzene rings is 2. The zero-order valence-corrected chi connectivity index (χ0v) is 24.2. The molecule has 200 valence electrons. The maximum atomic E-state index is 13.3. The smallest absolute Gasteiger partial charge is 0.254 e. The number of rotatable bonds is 7. The van der Waals surface area contributed by atoms with Gasteiger partial charge >= 0.3 is 0 Å². The number of hydrogen-bond acceptors (Lipinski definition) is 4. The Morgan fingerprint density at radius 2 is 1.87 bits per heavy atom. The van der Waals surface area contributed by atoms with Crippen molar-refractivity contribution < 1.29 is 14.3 Å². The maximum absolute atomic E-state index is 13.3. The normalized spacial score (nSPS) is 15.3. The number of nitrogens with zero attached hydrogens (tertiary/aromatic N) is 3. The Balaban J connectivity index is 1.46. The minimum atomic E-state index is -0.242. The zero-order valence-electron chi connectivity index (χ0n) is 21.1. The molecule has 1 aliphatic rings. The van der Waals surface area contributed by atoms with E-state index < -0.39 is 0 Å². The summed E-state index contributed by atoms with van der Waals surface area (Å²) in [7, 11) is 3.38. The molecule has 1 fully saturated rings. The summed E-state index contributed by atoms with van der Waals surface area (Å²) in [5.74, 6) is 0.813. The van der Waals surface area contributed by atoms with Crippen LogP contribution in [-0.4, -0.2) is 45.8 Å². The van der Waals surface area contributed by atoms with E-state index in [9.17, 15) is 14.4 Å². The number of aryl methyl sites for hydroxylation is 1. The summed E-state index contributed by atoms with van der Waals surface area (Å²) < 4.78 is 8.33. The average molecular weight is 621 g/mol. The number of ether oxygens (including phenoxy) is 1. The molecule has 1 unspecified atom stereocenters.